The predicted molar refractivity (Wildman–Crippen MR) is 85.2 cm³/mol. The molecule has 21 heavy (non-hydrogen) atoms. The van der Waals surface area contributed by atoms with Gasteiger partial charge in [0.05, 0.1) is 0 Å². The topological polar surface area (TPSA) is 12.0 Å². The smallest absolute Gasteiger partial charge is 0.128 e. The monoisotopic (exact) mass is 353 g/mol. The molecular formula is C17H18BrF2N. The minimum atomic E-state index is -0.379. The van der Waals surface area contributed by atoms with Crippen molar-refractivity contribution in [3.63, 3.8) is 0 Å². The summed E-state index contributed by atoms with van der Waals surface area (Å²) in [5.41, 5.74) is 1.76. The molecule has 0 heterocycles. The highest BCUT2D eigenvalue weighted by molar-refractivity contribution is 9.10. The van der Waals surface area contributed by atoms with Crippen molar-refractivity contribution in [1.29, 1.82) is 0 Å². The van der Waals surface area contributed by atoms with E-state index in [1.54, 1.807) is 6.92 Å². The molecule has 1 nitrogen and oxygen atoms in total. The van der Waals surface area contributed by atoms with Crippen LogP contribution in [0.2, 0.25) is 0 Å². The van der Waals surface area contributed by atoms with Gasteiger partial charge < -0.3 is 5.32 Å². The second-order valence-corrected chi connectivity index (χ2v) is 6.20. The van der Waals surface area contributed by atoms with Gasteiger partial charge in [-0.2, -0.15) is 0 Å². The number of nitrogens with one attached hydrogen (secondary N) is 1. The molecule has 0 aromatic heterocycles. The van der Waals surface area contributed by atoms with E-state index in [-0.39, 0.29) is 23.7 Å². The lowest BCUT2D eigenvalue weighted by molar-refractivity contribution is 0.469. The molecule has 2 atom stereocenters. The zero-order valence-electron chi connectivity index (χ0n) is 12.3. The highest BCUT2D eigenvalue weighted by Crippen LogP contribution is 2.25. The molecule has 0 aliphatic carbocycles. The SMILES string of the molecule is Cc1cc(F)c(C(C)N[C@H](C)c2cccc(Br)c2)cc1F. The summed E-state index contributed by atoms with van der Waals surface area (Å²) in [4.78, 5) is 0. The largest absolute Gasteiger partial charge is 0.304 e. The Labute approximate surface area is 132 Å². The Bertz CT molecular complexity index is 643. The van der Waals surface area contributed by atoms with E-state index in [2.05, 4.69) is 21.2 Å². The summed E-state index contributed by atoms with van der Waals surface area (Å²) < 4.78 is 28.6. The third kappa shape index (κ3) is 3.89. The Morgan fingerprint density at radius 1 is 1.00 bits per heavy atom. The van der Waals surface area contributed by atoms with Crippen LogP contribution in [0.5, 0.6) is 0 Å². The normalized spacial score (nSPS) is 14.0. The van der Waals surface area contributed by atoms with Gasteiger partial charge in [-0.15, -0.1) is 0 Å². The Morgan fingerprint density at radius 2 is 1.71 bits per heavy atom. The number of hydrogen-bond donors (Lipinski definition) is 1. The third-order valence-electron chi connectivity index (χ3n) is 3.59. The first kappa shape index (κ1) is 16.1. The van der Waals surface area contributed by atoms with Crippen molar-refractivity contribution in [3.8, 4) is 0 Å². The van der Waals surface area contributed by atoms with E-state index >= 15 is 0 Å². The van der Waals surface area contributed by atoms with Crippen LogP contribution in [0.3, 0.4) is 0 Å². The quantitative estimate of drug-likeness (QED) is 0.770. The summed E-state index contributed by atoms with van der Waals surface area (Å²) in [7, 11) is 0. The molecule has 2 aromatic carbocycles. The van der Waals surface area contributed by atoms with Crippen LogP contribution in [-0.2, 0) is 0 Å². The summed E-state index contributed by atoms with van der Waals surface area (Å²) in [5.74, 6) is -0.759. The first-order valence-corrected chi connectivity index (χ1v) is 7.65. The molecule has 2 rings (SSSR count). The number of hydrogen-bond acceptors (Lipinski definition) is 1. The van der Waals surface area contributed by atoms with Crippen LogP contribution in [0.15, 0.2) is 40.9 Å². The van der Waals surface area contributed by atoms with Crippen LogP contribution in [-0.4, -0.2) is 0 Å². The first-order valence-electron chi connectivity index (χ1n) is 6.85. The van der Waals surface area contributed by atoms with Crippen LogP contribution < -0.4 is 5.32 Å². The highest BCUT2D eigenvalue weighted by atomic mass is 79.9. The fraction of sp³-hybridized carbons (Fsp3) is 0.294. The first-order chi connectivity index (χ1) is 9.88. The molecule has 2 aromatic rings. The molecule has 0 saturated heterocycles. The minimum absolute atomic E-state index is 0.0289. The van der Waals surface area contributed by atoms with E-state index in [4.69, 9.17) is 0 Å². The van der Waals surface area contributed by atoms with Crippen LogP contribution in [0.1, 0.15) is 42.6 Å². The predicted octanol–water partition coefficient (Wildman–Crippen LogP) is 5.45. The molecule has 0 aliphatic rings. The molecule has 0 spiro atoms. The molecule has 0 bridgehead atoms. The fourth-order valence-corrected chi connectivity index (χ4v) is 2.75. The number of aryl methyl sites for hydroxylation is 1. The Kier molecular flexibility index (Phi) is 5.12. The number of halogens is 3. The van der Waals surface area contributed by atoms with Gasteiger partial charge in [-0.3, -0.25) is 0 Å². The van der Waals surface area contributed by atoms with Crippen LogP contribution in [0, 0.1) is 18.6 Å². The van der Waals surface area contributed by atoms with Gasteiger partial charge in [0, 0.05) is 22.1 Å². The standard InChI is InChI=1S/C17H18BrF2N/c1-10-7-17(20)15(9-16(10)19)12(3)21-11(2)13-5-4-6-14(18)8-13/h4-9,11-12,21H,1-3H3/t11-,12?/m1/s1. The summed E-state index contributed by atoms with van der Waals surface area (Å²) in [5, 5.41) is 3.30. The average Bonchev–Trinajstić information content (AvgIpc) is 2.42. The van der Waals surface area contributed by atoms with Gasteiger partial charge in [0.15, 0.2) is 0 Å². The number of benzene rings is 2. The Morgan fingerprint density at radius 3 is 2.38 bits per heavy atom. The van der Waals surface area contributed by atoms with Crippen molar-refractivity contribution in [2.75, 3.05) is 0 Å². The highest BCUT2D eigenvalue weighted by Gasteiger charge is 2.16. The minimum Gasteiger partial charge on any atom is -0.304 e. The van der Waals surface area contributed by atoms with Gasteiger partial charge in [0.25, 0.3) is 0 Å². The molecule has 1 N–H and O–H groups in total. The van der Waals surface area contributed by atoms with Crippen molar-refractivity contribution < 1.29 is 8.78 Å². The Balaban J connectivity index is 2.18. The molecular weight excluding hydrogens is 336 g/mol. The molecule has 0 saturated carbocycles. The van der Waals surface area contributed by atoms with E-state index in [0.717, 1.165) is 10.0 Å². The maximum atomic E-state index is 14.0. The molecule has 0 radical (unpaired) electrons. The third-order valence-corrected chi connectivity index (χ3v) is 4.09. The summed E-state index contributed by atoms with van der Waals surface area (Å²) in [6.07, 6.45) is 0. The van der Waals surface area contributed by atoms with Crippen molar-refractivity contribution in [2.24, 2.45) is 0 Å². The second-order valence-electron chi connectivity index (χ2n) is 5.29. The molecule has 0 aliphatic heterocycles. The second kappa shape index (κ2) is 6.67. The van der Waals surface area contributed by atoms with Gasteiger partial charge in [0.1, 0.15) is 11.6 Å². The maximum absolute atomic E-state index is 14.0. The average molecular weight is 354 g/mol. The van der Waals surface area contributed by atoms with Gasteiger partial charge in [-0.05, 0) is 56.2 Å². The lowest BCUT2D eigenvalue weighted by Crippen LogP contribution is -2.23. The lowest BCUT2D eigenvalue weighted by atomic mass is 10.0. The van der Waals surface area contributed by atoms with Gasteiger partial charge >= 0.3 is 0 Å². The van der Waals surface area contributed by atoms with E-state index in [1.165, 1.54) is 12.1 Å². The summed E-state index contributed by atoms with van der Waals surface area (Å²) >= 11 is 3.43. The van der Waals surface area contributed by atoms with Crippen molar-refractivity contribution >= 4 is 15.9 Å². The van der Waals surface area contributed by atoms with E-state index in [1.807, 2.05) is 38.1 Å². The maximum Gasteiger partial charge on any atom is 0.128 e. The zero-order chi connectivity index (χ0) is 15.6. The van der Waals surface area contributed by atoms with Gasteiger partial charge in [-0.25, -0.2) is 8.78 Å². The molecule has 0 fully saturated rings. The van der Waals surface area contributed by atoms with E-state index in [0.29, 0.717) is 11.1 Å². The molecule has 1 unspecified atom stereocenters. The van der Waals surface area contributed by atoms with E-state index in [9.17, 15) is 8.78 Å². The number of rotatable bonds is 4. The van der Waals surface area contributed by atoms with Crippen LogP contribution in [0.4, 0.5) is 8.78 Å². The zero-order valence-corrected chi connectivity index (χ0v) is 13.8. The fourth-order valence-electron chi connectivity index (χ4n) is 2.33. The van der Waals surface area contributed by atoms with E-state index < -0.39 is 0 Å². The lowest BCUT2D eigenvalue weighted by Gasteiger charge is -2.21. The van der Waals surface area contributed by atoms with Gasteiger partial charge in [-0.1, -0.05) is 28.1 Å². The van der Waals surface area contributed by atoms with Crippen LogP contribution >= 0.6 is 15.9 Å². The van der Waals surface area contributed by atoms with Crippen molar-refractivity contribution in [1.82, 2.24) is 5.32 Å². The molecule has 112 valence electrons. The molecule has 0 amide bonds. The van der Waals surface area contributed by atoms with Crippen LogP contribution in [0.25, 0.3) is 0 Å². The Hall–Kier alpha value is -1.26. The summed E-state index contributed by atoms with van der Waals surface area (Å²) in [6, 6.07) is 10.2. The van der Waals surface area contributed by atoms with Gasteiger partial charge in [0.2, 0.25) is 0 Å². The summed E-state index contributed by atoms with van der Waals surface area (Å²) in [6.45, 7) is 5.40. The molecule has 4 heteroatoms. The van der Waals surface area contributed by atoms with Crippen molar-refractivity contribution in [2.45, 2.75) is 32.9 Å². The van der Waals surface area contributed by atoms with Crippen molar-refractivity contribution in [3.05, 3.63) is 69.2 Å².